The molecule has 3 nitrogen and oxygen atoms in total. The van der Waals surface area contributed by atoms with Crippen molar-refractivity contribution in [1.29, 1.82) is 0 Å². The first-order valence-electron chi connectivity index (χ1n) is 9.86. The van der Waals surface area contributed by atoms with Crippen molar-refractivity contribution in [1.82, 2.24) is 4.90 Å². The van der Waals surface area contributed by atoms with Crippen LogP contribution in [0, 0.1) is 0 Å². The number of rotatable bonds is 8. The first-order chi connectivity index (χ1) is 12.7. The number of nitrogens with zero attached hydrogens (tertiary/aromatic N) is 1. The standard InChI is InChI=1S/C23H31NO2/c1-19(2)22-11-10-21(20-8-4-3-5-9-20)18-23(22)26-15-7-6-12-24-13-16-25-17-14-24/h3-5,8-11,18-19H,6-7,12-17H2,1-2H3. The maximum Gasteiger partial charge on any atom is 0.123 e. The molecule has 0 aromatic heterocycles. The summed E-state index contributed by atoms with van der Waals surface area (Å²) in [7, 11) is 0. The smallest absolute Gasteiger partial charge is 0.123 e. The summed E-state index contributed by atoms with van der Waals surface area (Å²) < 4.78 is 11.6. The summed E-state index contributed by atoms with van der Waals surface area (Å²) in [4.78, 5) is 2.49. The van der Waals surface area contributed by atoms with E-state index in [-0.39, 0.29) is 0 Å². The van der Waals surface area contributed by atoms with Gasteiger partial charge < -0.3 is 9.47 Å². The minimum atomic E-state index is 0.461. The van der Waals surface area contributed by atoms with E-state index in [0.717, 1.165) is 51.6 Å². The molecule has 1 aliphatic heterocycles. The highest BCUT2D eigenvalue weighted by atomic mass is 16.5. The molecule has 1 saturated heterocycles. The molecule has 0 spiro atoms. The maximum absolute atomic E-state index is 6.21. The lowest BCUT2D eigenvalue weighted by Gasteiger charge is -2.26. The Hall–Kier alpha value is -1.84. The molecule has 0 atom stereocenters. The van der Waals surface area contributed by atoms with Gasteiger partial charge in [0.25, 0.3) is 0 Å². The number of unbranched alkanes of at least 4 members (excludes halogenated alkanes) is 1. The van der Waals surface area contributed by atoms with Gasteiger partial charge in [-0.2, -0.15) is 0 Å². The minimum absolute atomic E-state index is 0.461. The second kappa shape index (κ2) is 9.75. The number of ether oxygens (including phenoxy) is 2. The van der Waals surface area contributed by atoms with Crippen LogP contribution in [0.4, 0.5) is 0 Å². The molecule has 2 aromatic carbocycles. The van der Waals surface area contributed by atoms with E-state index in [2.05, 4.69) is 67.3 Å². The number of morpholine rings is 1. The normalized spacial score (nSPS) is 15.3. The van der Waals surface area contributed by atoms with Crippen LogP contribution >= 0.6 is 0 Å². The van der Waals surface area contributed by atoms with E-state index in [0.29, 0.717) is 5.92 Å². The van der Waals surface area contributed by atoms with Crippen molar-refractivity contribution in [2.24, 2.45) is 0 Å². The van der Waals surface area contributed by atoms with Crippen LogP contribution < -0.4 is 4.74 Å². The van der Waals surface area contributed by atoms with E-state index >= 15 is 0 Å². The van der Waals surface area contributed by atoms with Gasteiger partial charge in [0, 0.05) is 13.1 Å². The maximum atomic E-state index is 6.21. The van der Waals surface area contributed by atoms with Crippen molar-refractivity contribution in [2.75, 3.05) is 39.5 Å². The van der Waals surface area contributed by atoms with Crippen LogP contribution in [0.2, 0.25) is 0 Å². The molecule has 0 saturated carbocycles. The van der Waals surface area contributed by atoms with Gasteiger partial charge in [-0.15, -0.1) is 0 Å². The van der Waals surface area contributed by atoms with Crippen molar-refractivity contribution in [3.8, 4) is 16.9 Å². The molecule has 0 unspecified atom stereocenters. The van der Waals surface area contributed by atoms with E-state index in [4.69, 9.17) is 9.47 Å². The highest BCUT2D eigenvalue weighted by Crippen LogP contribution is 2.31. The lowest BCUT2D eigenvalue weighted by atomic mass is 9.97. The number of hydrogen-bond donors (Lipinski definition) is 0. The Labute approximate surface area is 157 Å². The van der Waals surface area contributed by atoms with Crippen LogP contribution in [0.15, 0.2) is 48.5 Å². The zero-order chi connectivity index (χ0) is 18.2. The molecule has 0 radical (unpaired) electrons. The van der Waals surface area contributed by atoms with Crippen molar-refractivity contribution in [2.45, 2.75) is 32.6 Å². The molecule has 1 fully saturated rings. The molecule has 0 bridgehead atoms. The predicted molar refractivity (Wildman–Crippen MR) is 108 cm³/mol. The van der Waals surface area contributed by atoms with Gasteiger partial charge in [-0.25, -0.2) is 0 Å². The van der Waals surface area contributed by atoms with Gasteiger partial charge in [0.1, 0.15) is 5.75 Å². The average molecular weight is 354 g/mol. The highest BCUT2D eigenvalue weighted by molar-refractivity contribution is 5.66. The summed E-state index contributed by atoms with van der Waals surface area (Å²) >= 11 is 0. The Morgan fingerprint density at radius 1 is 0.962 bits per heavy atom. The van der Waals surface area contributed by atoms with Crippen LogP contribution in [0.5, 0.6) is 5.75 Å². The van der Waals surface area contributed by atoms with E-state index in [1.54, 1.807) is 0 Å². The van der Waals surface area contributed by atoms with Gasteiger partial charge >= 0.3 is 0 Å². The summed E-state index contributed by atoms with van der Waals surface area (Å²) in [6.07, 6.45) is 2.26. The topological polar surface area (TPSA) is 21.7 Å². The Bertz CT molecular complexity index is 663. The van der Waals surface area contributed by atoms with Gasteiger partial charge in [-0.1, -0.05) is 56.3 Å². The summed E-state index contributed by atoms with van der Waals surface area (Å²) in [6, 6.07) is 17.1. The Balaban J connectivity index is 1.56. The molecule has 26 heavy (non-hydrogen) atoms. The molecule has 2 aromatic rings. The number of hydrogen-bond acceptors (Lipinski definition) is 3. The fraction of sp³-hybridized carbons (Fsp3) is 0.478. The molecule has 3 rings (SSSR count). The summed E-state index contributed by atoms with van der Waals surface area (Å²) in [5, 5.41) is 0. The molecule has 0 aliphatic carbocycles. The summed E-state index contributed by atoms with van der Waals surface area (Å²) in [5.74, 6) is 1.50. The number of benzene rings is 2. The molecule has 140 valence electrons. The fourth-order valence-corrected chi connectivity index (χ4v) is 3.39. The van der Waals surface area contributed by atoms with E-state index < -0.39 is 0 Å². The average Bonchev–Trinajstić information content (AvgIpc) is 2.69. The van der Waals surface area contributed by atoms with E-state index in [9.17, 15) is 0 Å². The lowest BCUT2D eigenvalue weighted by molar-refractivity contribution is 0.0368. The first-order valence-corrected chi connectivity index (χ1v) is 9.86. The molecule has 3 heteroatoms. The quantitative estimate of drug-likeness (QED) is 0.626. The van der Waals surface area contributed by atoms with Gasteiger partial charge in [0.15, 0.2) is 0 Å². The van der Waals surface area contributed by atoms with E-state index in [1.165, 1.54) is 23.1 Å². The van der Waals surface area contributed by atoms with Crippen LogP contribution in [-0.4, -0.2) is 44.4 Å². The third-order valence-corrected chi connectivity index (χ3v) is 4.97. The van der Waals surface area contributed by atoms with Crippen molar-refractivity contribution < 1.29 is 9.47 Å². The second-order valence-corrected chi connectivity index (χ2v) is 7.28. The van der Waals surface area contributed by atoms with Crippen LogP contribution in [0.25, 0.3) is 11.1 Å². The van der Waals surface area contributed by atoms with Crippen molar-refractivity contribution in [3.05, 3.63) is 54.1 Å². The minimum Gasteiger partial charge on any atom is -0.493 e. The van der Waals surface area contributed by atoms with Gasteiger partial charge in [-0.3, -0.25) is 4.90 Å². The second-order valence-electron chi connectivity index (χ2n) is 7.28. The SMILES string of the molecule is CC(C)c1ccc(-c2ccccc2)cc1OCCCCN1CCOCC1. The zero-order valence-electron chi connectivity index (χ0n) is 16.1. The van der Waals surface area contributed by atoms with Crippen LogP contribution in [-0.2, 0) is 4.74 Å². The van der Waals surface area contributed by atoms with E-state index in [1.807, 2.05) is 0 Å². The Morgan fingerprint density at radius 3 is 2.46 bits per heavy atom. The van der Waals surface area contributed by atoms with Crippen molar-refractivity contribution in [3.63, 3.8) is 0 Å². The molecular formula is C23H31NO2. The van der Waals surface area contributed by atoms with Gasteiger partial charge in [-0.05, 0) is 48.1 Å². The predicted octanol–water partition coefficient (Wildman–Crippen LogP) is 4.97. The molecule has 0 amide bonds. The third-order valence-electron chi connectivity index (χ3n) is 4.97. The fourth-order valence-electron chi connectivity index (χ4n) is 3.39. The Kier molecular flexibility index (Phi) is 7.10. The third kappa shape index (κ3) is 5.33. The highest BCUT2D eigenvalue weighted by Gasteiger charge is 2.11. The van der Waals surface area contributed by atoms with Gasteiger partial charge in [0.2, 0.25) is 0 Å². The van der Waals surface area contributed by atoms with Gasteiger partial charge in [0.05, 0.1) is 19.8 Å². The Morgan fingerprint density at radius 2 is 1.73 bits per heavy atom. The first kappa shape index (κ1) is 18.9. The molecular weight excluding hydrogens is 322 g/mol. The summed E-state index contributed by atoms with van der Waals surface area (Å²) in [6.45, 7) is 10.3. The molecule has 1 heterocycles. The molecule has 1 aliphatic rings. The zero-order valence-corrected chi connectivity index (χ0v) is 16.1. The van der Waals surface area contributed by atoms with Crippen molar-refractivity contribution >= 4 is 0 Å². The van der Waals surface area contributed by atoms with Crippen LogP contribution in [0.1, 0.15) is 38.2 Å². The molecule has 0 N–H and O–H groups in total. The van der Waals surface area contributed by atoms with Crippen LogP contribution in [0.3, 0.4) is 0 Å². The lowest BCUT2D eigenvalue weighted by Crippen LogP contribution is -2.36. The summed E-state index contributed by atoms with van der Waals surface area (Å²) in [5.41, 5.74) is 3.75. The largest absolute Gasteiger partial charge is 0.493 e. The monoisotopic (exact) mass is 353 g/mol.